The van der Waals surface area contributed by atoms with Crippen molar-refractivity contribution in [2.45, 2.75) is 47.1 Å². The number of benzene rings is 2. The molecule has 180 valence electrons. The van der Waals surface area contributed by atoms with E-state index in [4.69, 9.17) is 5.10 Å². The summed E-state index contributed by atoms with van der Waals surface area (Å²) in [4.78, 5) is 15.2. The molecule has 5 rings (SSSR count). The highest BCUT2D eigenvalue weighted by atomic mass is 16.1. The smallest absolute Gasteiger partial charge is 0.225 e. The Bertz CT molecular complexity index is 1370. The molecule has 3 heterocycles. The van der Waals surface area contributed by atoms with E-state index < -0.39 is 0 Å². The van der Waals surface area contributed by atoms with Crippen molar-refractivity contribution in [3.05, 3.63) is 76.6 Å². The van der Waals surface area contributed by atoms with Crippen molar-refractivity contribution in [3.63, 3.8) is 0 Å². The summed E-state index contributed by atoms with van der Waals surface area (Å²) >= 11 is 0. The van der Waals surface area contributed by atoms with Crippen LogP contribution in [0, 0.1) is 33.6 Å². The Morgan fingerprint density at radius 3 is 2.60 bits per heavy atom. The Hall–Kier alpha value is -3.74. The SMILES string of the molecule is Cc1ccc(-n2nc3c(N4CCC[C@H](C(=O)NCc5cccc(C)c5)C4)nnc(C)c3c2C)cc1. The maximum absolute atomic E-state index is 13.0. The summed E-state index contributed by atoms with van der Waals surface area (Å²) in [5.74, 6) is 0.761. The van der Waals surface area contributed by atoms with Gasteiger partial charge >= 0.3 is 0 Å². The van der Waals surface area contributed by atoms with Gasteiger partial charge in [0.1, 0.15) is 5.52 Å². The van der Waals surface area contributed by atoms with E-state index in [1.54, 1.807) is 0 Å². The Morgan fingerprint density at radius 1 is 1.03 bits per heavy atom. The highest BCUT2D eigenvalue weighted by Crippen LogP contribution is 2.31. The number of piperidine rings is 1. The first-order valence-electron chi connectivity index (χ1n) is 12.3. The number of amides is 1. The molecule has 0 unspecified atom stereocenters. The van der Waals surface area contributed by atoms with Crippen LogP contribution in [0.5, 0.6) is 0 Å². The van der Waals surface area contributed by atoms with Crippen molar-refractivity contribution in [2.75, 3.05) is 18.0 Å². The fraction of sp³-hybridized carbons (Fsp3) is 0.357. The second kappa shape index (κ2) is 9.49. The minimum absolute atomic E-state index is 0.0907. The first kappa shape index (κ1) is 23.0. The van der Waals surface area contributed by atoms with Crippen molar-refractivity contribution in [1.82, 2.24) is 25.3 Å². The molecule has 1 aliphatic rings. The second-order valence-electron chi connectivity index (χ2n) is 9.66. The Morgan fingerprint density at radius 2 is 1.83 bits per heavy atom. The van der Waals surface area contributed by atoms with Gasteiger partial charge in [-0.1, -0.05) is 47.5 Å². The number of nitrogens with zero attached hydrogens (tertiary/aromatic N) is 5. The molecule has 0 radical (unpaired) electrons. The molecular weight excluding hydrogens is 436 g/mol. The maximum atomic E-state index is 13.0. The normalized spacial score (nSPS) is 16.0. The molecule has 1 N–H and O–H groups in total. The number of aryl methyl sites for hydroxylation is 4. The largest absolute Gasteiger partial charge is 0.352 e. The van der Waals surface area contributed by atoms with Crippen LogP contribution in [-0.2, 0) is 11.3 Å². The van der Waals surface area contributed by atoms with Crippen molar-refractivity contribution in [1.29, 1.82) is 0 Å². The molecule has 7 nitrogen and oxygen atoms in total. The molecule has 2 aromatic heterocycles. The molecule has 0 aliphatic carbocycles. The summed E-state index contributed by atoms with van der Waals surface area (Å²) in [5, 5.41) is 18.2. The number of anilines is 1. The van der Waals surface area contributed by atoms with E-state index in [-0.39, 0.29) is 11.8 Å². The molecule has 1 aliphatic heterocycles. The van der Waals surface area contributed by atoms with Crippen LogP contribution in [0.25, 0.3) is 16.6 Å². The fourth-order valence-electron chi connectivity index (χ4n) is 5.00. The summed E-state index contributed by atoms with van der Waals surface area (Å²) in [6.07, 6.45) is 1.80. The van der Waals surface area contributed by atoms with E-state index in [0.717, 1.165) is 58.7 Å². The summed E-state index contributed by atoms with van der Waals surface area (Å²) in [6, 6.07) is 16.6. The molecular formula is C28H32N6O. The zero-order valence-corrected chi connectivity index (χ0v) is 20.9. The lowest BCUT2D eigenvalue weighted by atomic mass is 9.96. The van der Waals surface area contributed by atoms with E-state index in [1.807, 2.05) is 23.7 Å². The molecule has 0 spiro atoms. The lowest BCUT2D eigenvalue weighted by Crippen LogP contribution is -2.43. The molecule has 4 aromatic rings. The zero-order valence-electron chi connectivity index (χ0n) is 20.9. The number of carbonyl (C=O) groups excluding carboxylic acids is 1. The van der Waals surface area contributed by atoms with Crippen molar-refractivity contribution in [2.24, 2.45) is 5.92 Å². The van der Waals surface area contributed by atoms with Gasteiger partial charge in [-0.3, -0.25) is 4.79 Å². The Labute approximate surface area is 206 Å². The molecule has 35 heavy (non-hydrogen) atoms. The number of fused-ring (bicyclic) bond motifs is 1. The summed E-state index contributed by atoms with van der Waals surface area (Å²) < 4.78 is 1.97. The molecule has 1 saturated heterocycles. The standard InChI is InChI=1S/C28H32N6O/c1-18-10-12-24(13-11-18)34-21(4)25-20(3)30-31-27(26(25)32-34)33-14-6-9-23(17-33)28(35)29-16-22-8-5-7-19(2)15-22/h5,7-8,10-13,15,23H,6,9,14,16-17H2,1-4H3,(H,29,35)/t23-/m0/s1. The van der Waals surface area contributed by atoms with Gasteiger partial charge in [0, 0.05) is 19.6 Å². The maximum Gasteiger partial charge on any atom is 0.225 e. The van der Waals surface area contributed by atoms with E-state index in [9.17, 15) is 4.79 Å². The summed E-state index contributed by atoms with van der Waals surface area (Å²) in [7, 11) is 0. The molecule has 2 aromatic carbocycles. The predicted molar refractivity (Wildman–Crippen MR) is 139 cm³/mol. The van der Waals surface area contributed by atoms with Gasteiger partial charge in [0.15, 0.2) is 5.82 Å². The minimum Gasteiger partial charge on any atom is -0.352 e. The first-order valence-corrected chi connectivity index (χ1v) is 12.3. The third kappa shape index (κ3) is 4.63. The topological polar surface area (TPSA) is 75.9 Å². The van der Waals surface area contributed by atoms with Gasteiger partial charge in [-0.05, 0) is 58.2 Å². The van der Waals surface area contributed by atoms with Crippen LogP contribution >= 0.6 is 0 Å². The number of hydrogen-bond donors (Lipinski definition) is 1. The van der Waals surface area contributed by atoms with E-state index >= 15 is 0 Å². The van der Waals surface area contributed by atoms with E-state index in [1.165, 1.54) is 11.1 Å². The van der Waals surface area contributed by atoms with Crippen LogP contribution in [0.2, 0.25) is 0 Å². The van der Waals surface area contributed by atoms with Gasteiger partial charge in [-0.2, -0.15) is 10.2 Å². The quantitative estimate of drug-likeness (QED) is 0.464. The first-order chi connectivity index (χ1) is 16.9. The van der Waals surface area contributed by atoms with Gasteiger partial charge in [0.2, 0.25) is 5.91 Å². The second-order valence-corrected chi connectivity index (χ2v) is 9.66. The van der Waals surface area contributed by atoms with Crippen LogP contribution < -0.4 is 10.2 Å². The number of rotatable bonds is 5. The Balaban J connectivity index is 1.39. The molecule has 1 amide bonds. The summed E-state index contributed by atoms with van der Waals surface area (Å²) in [5.41, 5.74) is 7.30. The van der Waals surface area contributed by atoms with Crippen LogP contribution in [0.15, 0.2) is 48.5 Å². The van der Waals surface area contributed by atoms with Crippen LogP contribution in [0.3, 0.4) is 0 Å². The Kier molecular flexibility index (Phi) is 6.24. The van der Waals surface area contributed by atoms with Crippen molar-refractivity contribution in [3.8, 4) is 5.69 Å². The molecule has 0 saturated carbocycles. The average molecular weight is 469 g/mol. The van der Waals surface area contributed by atoms with Gasteiger partial charge in [0.25, 0.3) is 0 Å². The van der Waals surface area contributed by atoms with Crippen molar-refractivity contribution >= 4 is 22.6 Å². The molecule has 1 fully saturated rings. The van der Waals surface area contributed by atoms with Gasteiger partial charge < -0.3 is 10.2 Å². The predicted octanol–water partition coefficient (Wildman–Crippen LogP) is 4.58. The average Bonchev–Trinajstić information content (AvgIpc) is 3.21. The number of hydrogen-bond acceptors (Lipinski definition) is 5. The molecule has 0 bridgehead atoms. The lowest BCUT2D eigenvalue weighted by Gasteiger charge is -2.32. The van der Waals surface area contributed by atoms with Crippen LogP contribution in [0.1, 0.15) is 40.9 Å². The van der Waals surface area contributed by atoms with E-state index in [2.05, 4.69) is 77.6 Å². The minimum atomic E-state index is -0.0907. The number of carbonyl (C=O) groups is 1. The number of nitrogens with one attached hydrogen (secondary N) is 1. The zero-order chi connectivity index (χ0) is 24.5. The summed E-state index contributed by atoms with van der Waals surface area (Å²) in [6.45, 7) is 10.2. The van der Waals surface area contributed by atoms with Gasteiger partial charge in [0.05, 0.1) is 28.4 Å². The highest BCUT2D eigenvalue weighted by Gasteiger charge is 2.29. The lowest BCUT2D eigenvalue weighted by molar-refractivity contribution is -0.125. The fourth-order valence-corrected chi connectivity index (χ4v) is 5.00. The number of aromatic nitrogens is 4. The van der Waals surface area contributed by atoms with Gasteiger partial charge in [-0.25, -0.2) is 4.68 Å². The van der Waals surface area contributed by atoms with E-state index in [0.29, 0.717) is 13.1 Å². The monoisotopic (exact) mass is 468 g/mol. The third-order valence-electron chi connectivity index (χ3n) is 6.90. The van der Waals surface area contributed by atoms with Gasteiger partial charge in [-0.15, -0.1) is 5.10 Å². The molecule has 7 heteroatoms. The third-order valence-corrected chi connectivity index (χ3v) is 6.90. The van der Waals surface area contributed by atoms with Crippen LogP contribution in [0.4, 0.5) is 5.82 Å². The molecule has 1 atom stereocenters. The van der Waals surface area contributed by atoms with Crippen molar-refractivity contribution < 1.29 is 4.79 Å². The van der Waals surface area contributed by atoms with Crippen LogP contribution in [-0.4, -0.2) is 39.0 Å². The highest BCUT2D eigenvalue weighted by molar-refractivity contribution is 5.92.